The monoisotopic (exact) mass is 384 g/mol. The van der Waals surface area contributed by atoms with Gasteiger partial charge in [-0.25, -0.2) is 4.79 Å². The van der Waals surface area contributed by atoms with Gasteiger partial charge in [0.05, 0.1) is 39.8 Å². The minimum atomic E-state index is -0.409. The number of para-hydroxylation sites is 1. The first-order valence-corrected chi connectivity index (χ1v) is 9.60. The standard InChI is InChI=1S/C21H25N3O4/c1-26-21(25)22-14-18(16-7-8-19-20(13-16)28-15-27-19)24-11-9-23(10-12-24)17-5-3-2-4-6-17/h2-8,13,18H,9-12,14-15H2,1H3,(H,22,25)/p+1/t18-/m1/s1. The molecule has 1 saturated heterocycles. The summed E-state index contributed by atoms with van der Waals surface area (Å²) >= 11 is 0. The lowest BCUT2D eigenvalue weighted by Gasteiger charge is -2.37. The molecule has 2 aromatic carbocycles. The van der Waals surface area contributed by atoms with Crippen molar-refractivity contribution in [1.82, 2.24) is 5.32 Å². The molecule has 2 N–H and O–H groups in total. The third-order valence-electron chi connectivity index (χ3n) is 5.45. The fourth-order valence-electron chi connectivity index (χ4n) is 3.92. The molecule has 2 aromatic rings. The summed E-state index contributed by atoms with van der Waals surface area (Å²) in [5, 5.41) is 2.87. The molecular weight excluding hydrogens is 358 g/mol. The number of amides is 1. The van der Waals surface area contributed by atoms with Gasteiger partial charge in [0.1, 0.15) is 6.04 Å². The first-order valence-electron chi connectivity index (χ1n) is 9.60. The van der Waals surface area contributed by atoms with Crippen molar-refractivity contribution >= 4 is 11.8 Å². The van der Waals surface area contributed by atoms with Gasteiger partial charge in [-0.05, 0) is 30.3 Å². The number of piperazine rings is 1. The number of hydrogen-bond donors (Lipinski definition) is 2. The van der Waals surface area contributed by atoms with Crippen LogP contribution in [0.1, 0.15) is 11.6 Å². The number of methoxy groups -OCH3 is 1. The summed E-state index contributed by atoms with van der Waals surface area (Å²) in [5.74, 6) is 1.54. The van der Waals surface area contributed by atoms with E-state index in [0.29, 0.717) is 6.54 Å². The third-order valence-corrected chi connectivity index (χ3v) is 5.45. The highest BCUT2D eigenvalue weighted by Crippen LogP contribution is 2.33. The maximum atomic E-state index is 11.7. The van der Waals surface area contributed by atoms with Crippen LogP contribution in [0.3, 0.4) is 0 Å². The minimum Gasteiger partial charge on any atom is -0.454 e. The van der Waals surface area contributed by atoms with Crippen molar-refractivity contribution in [3.8, 4) is 11.5 Å². The normalized spacial score (nSPS) is 17.2. The molecule has 0 bridgehead atoms. The molecule has 0 saturated carbocycles. The van der Waals surface area contributed by atoms with E-state index in [1.165, 1.54) is 17.7 Å². The van der Waals surface area contributed by atoms with Gasteiger partial charge < -0.3 is 29.3 Å². The highest BCUT2D eigenvalue weighted by molar-refractivity contribution is 5.66. The first kappa shape index (κ1) is 18.4. The predicted molar refractivity (Wildman–Crippen MR) is 105 cm³/mol. The van der Waals surface area contributed by atoms with Gasteiger partial charge in [0.25, 0.3) is 0 Å². The summed E-state index contributed by atoms with van der Waals surface area (Å²) in [6.07, 6.45) is -0.409. The van der Waals surface area contributed by atoms with E-state index in [-0.39, 0.29) is 12.8 Å². The molecule has 0 spiro atoms. The van der Waals surface area contributed by atoms with Crippen molar-refractivity contribution in [2.45, 2.75) is 6.04 Å². The predicted octanol–water partition coefficient (Wildman–Crippen LogP) is 1.22. The van der Waals surface area contributed by atoms with E-state index in [0.717, 1.165) is 43.2 Å². The molecule has 7 nitrogen and oxygen atoms in total. The van der Waals surface area contributed by atoms with Crippen molar-refractivity contribution in [3.05, 3.63) is 54.1 Å². The summed E-state index contributed by atoms with van der Waals surface area (Å²) in [4.78, 5) is 15.5. The van der Waals surface area contributed by atoms with Gasteiger partial charge in [-0.1, -0.05) is 18.2 Å². The third kappa shape index (κ3) is 3.99. The number of nitrogens with zero attached hydrogens (tertiary/aromatic N) is 1. The van der Waals surface area contributed by atoms with Crippen molar-refractivity contribution in [2.75, 3.05) is 51.5 Å². The SMILES string of the molecule is COC(=O)NC[C@H](c1ccc2c(c1)OCO2)[NH+]1CCN(c2ccccc2)CC1. The van der Waals surface area contributed by atoms with E-state index in [1.807, 2.05) is 18.2 Å². The second-order valence-electron chi connectivity index (χ2n) is 7.02. The Morgan fingerprint density at radius 1 is 1.14 bits per heavy atom. The smallest absolute Gasteiger partial charge is 0.407 e. The summed E-state index contributed by atoms with van der Waals surface area (Å²) in [6, 6.07) is 16.6. The van der Waals surface area contributed by atoms with Gasteiger partial charge in [-0.2, -0.15) is 0 Å². The second kappa shape index (κ2) is 8.39. The Kier molecular flexibility index (Phi) is 5.53. The molecule has 2 heterocycles. The van der Waals surface area contributed by atoms with Crippen LogP contribution in [-0.2, 0) is 4.74 Å². The van der Waals surface area contributed by atoms with Crippen LogP contribution >= 0.6 is 0 Å². The van der Waals surface area contributed by atoms with E-state index >= 15 is 0 Å². The van der Waals surface area contributed by atoms with Crippen LogP contribution in [0.5, 0.6) is 11.5 Å². The van der Waals surface area contributed by atoms with Gasteiger partial charge in [0, 0.05) is 11.3 Å². The summed E-state index contributed by atoms with van der Waals surface area (Å²) in [5.41, 5.74) is 2.39. The van der Waals surface area contributed by atoms with E-state index in [2.05, 4.69) is 40.5 Å². The average Bonchev–Trinajstić information content (AvgIpc) is 3.23. The Labute approximate surface area is 164 Å². The lowest BCUT2D eigenvalue weighted by atomic mass is 10.0. The highest BCUT2D eigenvalue weighted by Gasteiger charge is 2.30. The molecule has 4 rings (SSSR count). The molecule has 0 radical (unpaired) electrons. The molecule has 2 aliphatic rings. The molecule has 0 aromatic heterocycles. The van der Waals surface area contributed by atoms with E-state index in [1.54, 1.807) is 0 Å². The fraction of sp³-hybridized carbons (Fsp3) is 0.381. The fourth-order valence-corrected chi connectivity index (χ4v) is 3.92. The summed E-state index contributed by atoms with van der Waals surface area (Å²) < 4.78 is 15.7. The number of alkyl carbamates (subject to hydrolysis) is 1. The number of hydrogen-bond acceptors (Lipinski definition) is 5. The van der Waals surface area contributed by atoms with E-state index < -0.39 is 6.09 Å². The second-order valence-corrected chi connectivity index (χ2v) is 7.02. The topological polar surface area (TPSA) is 64.5 Å². The van der Waals surface area contributed by atoms with Crippen LogP contribution in [0.15, 0.2) is 48.5 Å². The quantitative estimate of drug-likeness (QED) is 0.812. The van der Waals surface area contributed by atoms with Gasteiger partial charge in [-0.3, -0.25) is 0 Å². The molecule has 0 aliphatic carbocycles. The molecule has 28 heavy (non-hydrogen) atoms. The number of nitrogens with one attached hydrogen (secondary N) is 2. The zero-order chi connectivity index (χ0) is 19.3. The maximum Gasteiger partial charge on any atom is 0.407 e. The lowest BCUT2D eigenvalue weighted by molar-refractivity contribution is -0.931. The number of carbonyl (C=O) groups is 1. The van der Waals surface area contributed by atoms with Crippen molar-refractivity contribution in [2.24, 2.45) is 0 Å². The number of anilines is 1. The molecule has 1 fully saturated rings. The number of ether oxygens (including phenoxy) is 3. The molecule has 148 valence electrons. The van der Waals surface area contributed by atoms with Gasteiger partial charge in [0.15, 0.2) is 11.5 Å². The van der Waals surface area contributed by atoms with Crippen molar-refractivity contribution < 1.29 is 23.9 Å². The van der Waals surface area contributed by atoms with Crippen LogP contribution in [0.2, 0.25) is 0 Å². The maximum absolute atomic E-state index is 11.7. The Morgan fingerprint density at radius 2 is 1.89 bits per heavy atom. The van der Waals surface area contributed by atoms with Crippen LogP contribution in [0.4, 0.5) is 10.5 Å². The number of fused-ring (bicyclic) bond motifs is 1. The summed E-state index contributed by atoms with van der Waals surface area (Å²) in [7, 11) is 1.39. The Balaban J connectivity index is 1.48. The molecule has 0 unspecified atom stereocenters. The van der Waals surface area contributed by atoms with Gasteiger partial charge in [0.2, 0.25) is 6.79 Å². The zero-order valence-electron chi connectivity index (χ0n) is 16.0. The summed E-state index contributed by atoms with van der Waals surface area (Å²) in [6.45, 7) is 4.67. The largest absolute Gasteiger partial charge is 0.454 e. The average molecular weight is 384 g/mol. The highest BCUT2D eigenvalue weighted by atomic mass is 16.7. The molecule has 1 amide bonds. The number of benzene rings is 2. The zero-order valence-corrected chi connectivity index (χ0v) is 16.0. The number of rotatable bonds is 5. The Hall–Kier alpha value is -2.93. The first-order chi connectivity index (χ1) is 13.7. The number of quaternary nitrogens is 1. The molecule has 1 atom stereocenters. The van der Waals surface area contributed by atoms with E-state index in [4.69, 9.17) is 14.2 Å². The van der Waals surface area contributed by atoms with Crippen molar-refractivity contribution in [1.29, 1.82) is 0 Å². The lowest BCUT2D eigenvalue weighted by Crippen LogP contribution is -3.15. The minimum absolute atomic E-state index is 0.117. The van der Waals surface area contributed by atoms with Crippen LogP contribution in [-0.4, -0.2) is 52.7 Å². The number of carbonyl (C=O) groups excluding carboxylic acids is 1. The van der Waals surface area contributed by atoms with E-state index in [9.17, 15) is 4.79 Å². The molecular formula is C21H26N3O4+. The Morgan fingerprint density at radius 3 is 2.64 bits per heavy atom. The molecule has 2 aliphatic heterocycles. The van der Waals surface area contributed by atoms with Crippen LogP contribution in [0.25, 0.3) is 0 Å². The van der Waals surface area contributed by atoms with Crippen LogP contribution < -0.4 is 24.6 Å². The molecule has 7 heteroatoms. The van der Waals surface area contributed by atoms with Crippen molar-refractivity contribution in [3.63, 3.8) is 0 Å². The Bertz CT molecular complexity index is 807. The van der Waals surface area contributed by atoms with Crippen LogP contribution in [0, 0.1) is 0 Å². The van der Waals surface area contributed by atoms with Gasteiger partial charge in [-0.15, -0.1) is 0 Å². The van der Waals surface area contributed by atoms with Gasteiger partial charge >= 0.3 is 6.09 Å².